The summed E-state index contributed by atoms with van der Waals surface area (Å²) in [5, 5.41) is 1.14. The standard InChI is InChI=1S/C14H14Br2N2O2/c1-2-20-14(19)18-6-5-11-8(7-18)12-9(15)3-4-10(16)13(12)17-11/h3-4,17H,2,5-7H2,1H3. The van der Waals surface area contributed by atoms with Gasteiger partial charge in [-0.1, -0.05) is 15.9 Å². The lowest BCUT2D eigenvalue weighted by atomic mass is 10.1. The van der Waals surface area contributed by atoms with E-state index in [0.717, 1.165) is 26.3 Å². The Morgan fingerprint density at radius 3 is 2.90 bits per heavy atom. The molecule has 1 aliphatic heterocycles. The van der Waals surface area contributed by atoms with E-state index in [1.807, 2.05) is 19.1 Å². The molecule has 106 valence electrons. The van der Waals surface area contributed by atoms with E-state index in [-0.39, 0.29) is 6.09 Å². The number of aromatic nitrogens is 1. The van der Waals surface area contributed by atoms with Crippen LogP contribution in [-0.4, -0.2) is 29.1 Å². The van der Waals surface area contributed by atoms with Crippen molar-refractivity contribution in [1.29, 1.82) is 0 Å². The van der Waals surface area contributed by atoms with E-state index in [1.54, 1.807) is 4.90 Å². The van der Waals surface area contributed by atoms with Gasteiger partial charge in [-0.15, -0.1) is 0 Å². The number of amides is 1. The first kappa shape index (κ1) is 13.9. The maximum atomic E-state index is 11.9. The molecule has 1 N–H and O–H groups in total. The van der Waals surface area contributed by atoms with E-state index in [9.17, 15) is 4.79 Å². The van der Waals surface area contributed by atoms with E-state index in [0.29, 0.717) is 19.7 Å². The Labute approximate surface area is 133 Å². The molecule has 0 atom stereocenters. The normalized spacial score (nSPS) is 14.4. The summed E-state index contributed by atoms with van der Waals surface area (Å²) in [6, 6.07) is 4.03. The molecule has 2 heterocycles. The summed E-state index contributed by atoms with van der Waals surface area (Å²) >= 11 is 7.17. The van der Waals surface area contributed by atoms with Gasteiger partial charge in [0.25, 0.3) is 0 Å². The Kier molecular flexibility index (Phi) is 3.77. The molecule has 1 aromatic heterocycles. The minimum Gasteiger partial charge on any atom is -0.450 e. The summed E-state index contributed by atoms with van der Waals surface area (Å²) in [6.45, 7) is 3.51. The number of aromatic amines is 1. The van der Waals surface area contributed by atoms with E-state index < -0.39 is 0 Å². The highest BCUT2D eigenvalue weighted by Gasteiger charge is 2.26. The molecular weight excluding hydrogens is 388 g/mol. The quantitative estimate of drug-likeness (QED) is 0.777. The first-order chi connectivity index (χ1) is 9.61. The fourth-order valence-corrected chi connectivity index (χ4v) is 3.62. The molecule has 0 bridgehead atoms. The van der Waals surface area contributed by atoms with Crippen LogP contribution >= 0.6 is 31.9 Å². The number of carbonyl (C=O) groups is 1. The van der Waals surface area contributed by atoms with Crippen LogP contribution in [0.2, 0.25) is 0 Å². The molecule has 2 aromatic rings. The molecule has 3 rings (SSSR count). The van der Waals surface area contributed by atoms with Crippen molar-refractivity contribution in [2.24, 2.45) is 0 Å². The van der Waals surface area contributed by atoms with Crippen molar-refractivity contribution in [2.75, 3.05) is 13.2 Å². The van der Waals surface area contributed by atoms with Gasteiger partial charge in [-0.2, -0.15) is 0 Å². The smallest absolute Gasteiger partial charge is 0.410 e. The number of benzene rings is 1. The molecule has 0 saturated carbocycles. The van der Waals surface area contributed by atoms with Crippen LogP contribution < -0.4 is 0 Å². The molecule has 1 aromatic carbocycles. The fraction of sp³-hybridized carbons (Fsp3) is 0.357. The second-order valence-electron chi connectivity index (χ2n) is 4.73. The number of nitrogens with zero attached hydrogens (tertiary/aromatic N) is 1. The third-order valence-electron chi connectivity index (χ3n) is 3.55. The topological polar surface area (TPSA) is 45.3 Å². The number of rotatable bonds is 1. The van der Waals surface area contributed by atoms with Crippen molar-refractivity contribution >= 4 is 48.9 Å². The Morgan fingerprint density at radius 1 is 1.40 bits per heavy atom. The predicted octanol–water partition coefficient (Wildman–Crippen LogP) is 4.21. The number of carbonyl (C=O) groups excluding carboxylic acids is 1. The number of H-pyrrole nitrogens is 1. The van der Waals surface area contributed by atoms with Crippen molar-refractivity contribution in [1.82, 2.24) is 9.88 Å². The maximum Gasteiger partial charge on any atom is 0.410 e. The van der Waals surface area contributed by atoms with Gasteiger partial charge in [0.05, 0.1) is 18.7 Å². The summed E-state index contributed by atoms with van der Waals surface area (Å²) in [4.78, 5) is 17.1. The zero-order valence-electron chi connectivity index (χ0n) is 11.0. The number of nitrogens with one attached hydrogen (secondary N) is 1. The minimum atomic E-state index is -0.237. The van der Waals surface area contributed by atoms with Gasteiger partial charge in [0.2, 0.25) is 0 Å². The Bertz CT molecular complexity index is 681. The Morgan fingerprint density at radius 2 is 2.15 bits per heavy atom. The summed E-state index contributed by atoms with van der Waals surface area (Å²) in [5.41, 5.74) is 3.45. The van der Waals surface area contributed by atoms with Crippen LogP contribution in [0.5, 0.6) is 0 Å². The zero-order chi connectivity index (χ0) is 14.3. The van der Waals surface area contributed by atoms with Crippen LogP contribution in [0.1, 0.15) is 18.2 Å². The van der Waals surface area contributed by atoms with Crippen LogP contribution in [0.4, 0.5) is 4.79 Å². The van der Waals surface area contributed by atoms with Crippen LogP contribution in [-0.2, 0) is 17.7 Å². The summed E-state index contributed by atoms with van der Waals surface area (Å²) < 4.78 is 7.17. The first-order valence-corrected chi connectivity index (χ1v) is 8.09. The van der Waals surface area contributed by atoms with Gasteiger partial charge >= 0.3 is 6.09 Å². The lowest BCUT2D eigenvalue weighted by molar-refractivity contribution is 0.103. The average Bonchev–Trinajstić information content (AvgIpc) is 2.83. The van der Waals surface area contributed by atoms with Gasteiger partial charge in [-0.3, -0.25) is 0 Å². The van der Waals surface area contributed by atoms with Gasteiger partial charge in [-0.05, 0) is 35.0 Å². The number of hydrogen-bond acceptors (Lipinski definition) is 2. The highest BCUT2D eigenvalue weighted by Crippen LogP contribution is 2.36. The molecule has 1 amide bonds. The SMILES string of the molecule is CCOC(=O)N1CCc2[nH]c3c(Br)ccc(Br)c3c2C1. The van der Waals surface area contributed by atoms with Gasteiger partial charge < -0.3 is 14.6 Å². The number of hydrogen-bond donors (Lipinski definition) is 1. The Balaban J connectivity index is 2.04. The molecule has 0 unspecified atom stereocenters. The predicted molar refractivity (Wildman–Crippen MR) is 84.8 cm³/mol. The van der Waals surface area contributed by atoms with Crippen molar-refractivity contribution in [3.05, 3.63) is 32.3 Å². The maximum absolute atomic E-state index is 11.9. The van der Waals surface area contributed by atoms with Gasteiger partial charge in [0.15, 0.2) is 0 Å². The molecular formula is C14H14Br2N2O2. The second kappa shape index (κ2) is 5.41. The van der Waals surface area contributed by atoms with E-state index >= 15 is 0 Å². The van der Waals surface area contributed by atoms with Gasteiger partial charge in [0.1, 0.15) is 0 Å². The van der Waals surface area contributed by atoms with Crippen molar-refractivity contribution in [3.63, 3.8) is 0 Å². The van der Waals surface area contributed by atoms with Crippen molar-refractivity contribution < 1.29 is 9.53 Å². The van der Waals surface area contributed by atoms with E-state index in [2.05, 4.69) is 36.8 Å². The molecule has 0 saturated heterocycles. The third-order valence-corrected chi connectivity index (χ3v) is 4.87. The molecule has 1 aliphatic rings. The zero-order valence-corrected chi connectivity index (χ0v) is 14.2. The molecule has 0 spiro atoms. The molecule has 0 fully saturated rings. The number of ether oxygens (including phenoxy) is 1. The molecule has 0 radical (unpaired) electrons. The summed E-state index contributed by atoms with van der Waals surface area (Å²) in [6.07, 6.45) is 0.584. The highest BCUT2D eigenvalue weighted by molar-refractivity contribution is 9.11. The monoisotopic (exact) mass is 400 g/mol. The van der Waals surface area contributed by atoms with Crippen LogP contribution in [0.15, 0.2) is 21.1 Å². The van der Waals surface area contributed by atoms with E-state index in [1.165, 1.54) is 11.3 Å². The fourth-order valence-electron chi connectivity index (χ4n) is 2.62. The largest absolute Gasteiger partial charge is 0.450 e. The van der Waals surface area contributed by atoms with Crippen LogP contribution in [0.3, 0.4) is 0 Å². The molecule has 20 heavy (non-hydrogen) atoms. The lowest BCUT2D eigenvalue weighted by Crippen LogP contribution is -2.36. The van der Waals surface area contributed by atoms with Crippen LogP contribution in [0, 0.1) is 0 Å². The number of halogens is 2. The highest BCUT2D eigenvalue weighted by atomic mass is 79.9. The van der Waals surface area contributed by atoms with Crippen LogP contribution in [0.25, 0.3) is 10.9 Å². The minimum absolute atomic E-state index is 0.237. The van der Waals surface area contributed by atoms with Gasteiger partial charge in [-0.25, -0.2) is 4.79 Å². The average molecular weight is 402 g/mol. The molecule has 4 nitrogen and oxygen atoms in total. The number of fused-ring (bicyclic) bond motifs is 3. The lowest BCUT2D eigenvalue weighted by Gasteiger charge is -2.26. The van der Waals surface area contributed by atoms with Crippen molar-refractivity contribution in [2.45, 2.75) is 19.9 Å². The van der Waals surface area contributed by atoms with Crippen molar-refractivity contribution in [3.8, 4) is 0 Å². The second-order valence-corrected chi connectivity index (χ2v) is 6.44. The van der Waals surface area contributed by atoms with Gasteiger partial charge in [0, 0.05) is 38.6 Å². The third kappa shape index (κ3) is 2.24. The molecule has 0 aliphatic carbocycles. The Hall–Kier alpha value is -1.01. The summed E-state index contributed by atoms with van der Waals surface area (Å²) in [5.74, 6) is 0. The first-order valence-electron chi connectivity index (χ1n) is 6.51. The molecule has 6 heteroatoms. The van der Waals surface area contributed by atoms with E-state index in [4.69, 9.17) is 4.74 Å². The summed E-state index contributed by atoms with van der Waals surface area (Å²) in [7, 11) is 0.